The number of rotatable bonds is 3. The van der Waals surface area contributed by atoms with Crippen LogP contribution in [-0.4, -0.2) is 17.4 Å². The number of carbonyl (C=O) groups excluding carboxylic acids is 1. The molecule has 0 saturated carbocycles. The van der Waals surface area contributed by atoms with E-state index in [0.717, 1.165) is 46.6 Å². The fourth-order valence-corrected chi connectivity index (χ4v) is 5.15. The Labute approximate surface area is 195 Å². The smallest absolute Gasteiger partial charge is 0.238 e. The van der Waals surface area contributed by atoms with Crippen LogP contribution in [0.5, 0.6) is 0 Å². The molecule has 0 radical (unpaired) electrons. The number of carbonyl (C=O) groups is 1. The first kappa shape index (κ1) is 22.2. The average molecular weight is 440 g/mol. The highest BCUT2D eigenvalue weighted by Gasteiger charge is 2.30. The van der Waals surface area contributed by atoms with Crippen LogP contribution in [0.15, 0.2) is 119 Å². The van der Waals surface area contributed by atoms with E-state index in [4.69, 9.17) is 0 Å². The van der Waals surface area contributed by atoms with E-state index in [1.807, 2.05) is 47.4 Å². The highest BCUT2D eigenvalue weighted by Crippen LogP contribution is 2.38. The van der Waals surface area contributed by atoms with Gasteiger partial charge in [0.15, 0.2) is 0 Å². The van der Waals surface area contributed by atoms with E-state index >= 15 is 0 Å². The van der Waals surface area contributed by atoms with Crippen molar-refractivity contribution in [1.29, 1.82) is 0 Å². The molecule has 0 spiro atoms. The van der Waals surface area contributed by atoms with Crippen LogP contribution in [0, 0.1) is 0 Å². The van der Waals surface area contributed by atoms with Crippen LogP contribution in [-0.2, 0) is 4.79 Å². The van der Waals surface area contributed by atoms with Gasteiger partial charge in [-0.2, -0.15) is 0 Å². The standard InChI is InChI=1S/C29H29NOS/c1-22-14-12-13-21-30(27-20-11-5-10-19-26(27)23(2)32-22)29(31)28(24-15-6-3-7-16-24)25-17-8-4-9-18-25/h3-11,14-18,20,28H,2,12-13,19,21H2,1H3/b22-14-. The molecule has 2 aromatic carbocycles. The SMILES string of the molecule is C=C1S/C(C)=C\CCCN(C(=O)C(c2ccccc2)c2ccccc2)C2=C1CC=CC=C2. The summed E-state index contributed by atoms with van der Waals surface area (Å²) in [5.41, 5.74) is 4.14. The fraction of sp³-hybridized carbons (Fsp3) is 0.207. The molecule has 3 heteroatoms. The topological polar surface area (TPSA) is 20.3 Å². The monoisotopic (exact) mass is 439 g/mol. The van der Waals surface area contributed by atoms with Gasteiger partial charge in [-0.25, -0.2) is 0 Å². The van der Waals surface area contributed by atoms with Crippen LogP contribution in [0.1, 0.15) is 43.2 Å². The van der Waals surface area contributed by atoms with Gasteiger partial charge < -0.3 is 4.90 Å². The third kappa shape index (κ3) is 5.05. The van der Waals surface area contributed by atoms with Crippen molar-refractivity contribution in [3.63, 3.8) is 0 Å². The largest absolute Gasteiger partial charge is 0.311 e. The molecule has 1 aliphatic carbocycles. The Balaban J connectivity index is 1.82. The fourth-order valence-electron chi connectivity index (χ4n) is 4.25. The van der Waals surface area contributed by atoms with Gasteiger partial charge >= 0.3 is 0 Å². The van der Waals surface area contributed by atoms with E-state index in [9.17, 15) is 4.79 Å². The molecule has 2 nitrogen and oxygen atoms in total. The molecule has 162 valence electrons. The molecule has 1 amide bonds. The number of allylic oxidation sites excluding steroid dienone is 7. The molecule has 0 bridgehead atoms. The van der Waals surface area contributed by atoms with E-state index < -0.39 is 0 Å². The predicted octanol–water partition coefficient (Wildman–Crippen LogP) is 7.36. The minimum atomic E-state index is -0.350. The van der Waals surface area contributed by atoms with Gasteiger partial charge in [-0.1, -0.05) is 103 Å². The Morgan fingerprint density at radius 2 is 1.66 bits per heavy atom. The van der Waals surface area contributed by atoms with Crippen molar-refractivity contribution in [2.45, 2.75) is 32.1 Å². The molecule has 0 fully saturated rings. The van der Waals surface area contributed by atoms with Gasteiger partial charge in [-0.15, -0.1) is 0 Å². The second-order valence-electron chi connectivity index (χ2n) is 8.08. The van der Waals surface area contributed by atoms with Crippen molar-refractivity contribution in [1.82, 2.24) is 4.90 Å². The van der Waals surface area contributed by atoms with Gasteiger partial charge in [0.05, 0.1) is 5.92 Å². The molecule has 1 heterocycles. The lowest BCUT2D eigenvalue weighted by atomic mass is 9.89. The Morgan fingerprint density at radius 1 is 1.00 bits per heavy atom. The molecule has 4 rings (SSSR count). The summed E-state index contributed by atoms with van der Waals surface area (Å²) in [6.07, 6.45) is 13.2. The molecule has 0 saturated heterocycles. The van der Waals surface area contributed by atoms with Crippen molar-refractivity contribution < 1.29 is 4.79 Å². The number of nitrogens with zero attached hydrogens (tertiary/aromatic N) is 1. The summed E-state index contributed by atoms with van der Waals surface area (Å²) in [7, 11) is 0. The second kappa shape index (κ2) is 10.5. The summed E-state index contributed by atoms with van der Waals surface area (Å²) in [6, 6.07) is 20.2. The predicted molar refractivity (Wildman–Crippen MR) is 136 cm³/mol. The van der Waals surface area contributed by atoms with Crippen LogP contribution in [0.4, 0.5) is 0 Å². The van der Waals surface area contributed by atoms with Gasteiger partial charge in [0, 0.05) is 17.1 Å². The first-order valence-corrected chi connectivity index (χ1v) is 12.0. The van der Waals surface area contributed by atoms with E-state index in [-0.39, 0.29) is 11.8 Å². The summed E-state index contributed by atoms with van der Waals surface area (Å²) in [5, 5.41) is 0. The zero-order valence-electron chi connectivity index (χ0n) is 18.5. The zero-order chi connectivity index (χ0) is 22.3. The zero-order valence-corrected chi connectivity index (χ0v) is 19.4. The van der Waals surface area contributed by atoms with Gasteiger partial charge in [0.25, 0.3) is 0 Å². The van der Waals surface area contributed by atoms with Gasteiger partial charge in [-0.05, 0) is 53.9 Å². The second-order valence-corrected chi connectivity index (χ2v) is 9.42. The van der Waals surface area contributed by atoms with Gasteiger partial charge in [0.1, 0.15) is 0 Å². The summed E-state index contributed by atoms with van der Waals surface area (Å²) < 4.78 is 0. The van der Waals surface area contributed by atoms with Crippen molar-refractivity contribution in [3.8, 4) is 0 Å². The highest BCUT2D eigenvalue weighted by atomic mass is 32.2. The number of hydrogen-bond donors (Lipinski definition) is 0. The normalized spacial score (nSPS) is 18.8. The maximum absolute atomic E-state index is 14.3. The van der Waals surface area contributed by atoms with Crippen LogP contribution in [0.2, 0.25) is 0 Å². The molecule has 2 aliphatic rings. The maximum Gasteiger partial charge on any atom is 0.238 e. The molecule has 2 aromatic rings. The first-order chi connectivity index (χ1) is 15.6. The lowest BCUT2D eigenvalue weighted by Gasteiger charge is -2.31. The van der Waals surface area contributed by atoms with Gasteiger partial charge in [-0.3, -0.25) is 4.79 Å². The van der Waals surface area contributed by atoms with Crippen molar-refractivity contribution in [2.75, 3.05) is 6.54 Å². The van der Waals surface area contributed by atoms with Crippen LogP contribution in [0.25, 0.3) is 0 Å². The van der Waals surface area contributed by atoms with Crippen molar-refractivity contribution in [2.24, 2.45) is 0 Å². The third-order valence-corrected chi connectivity index (χ3v) is 6.82. The summed E-state index contributed by atoms with van der Waals surface area (Å²) in [6.45, 7) is 7.20. The molecule has 1 aliphatic heterocycles. The lowest BCUT2D eigenvalue weighted by molar-refractivity contribution is -0.129. The summed E-state index contributed by atoms with van der Waals surface area (Å²) >= 11 is 1.71. The van der Waals surface area contributed by atoms with Crippen LogP contribution < -0.4 is 0 Å². The van der Waals surface area contributed by atoms with Gasteiger partial charge in [0.2, 0.25) is 5.91 Å². The maximum atomic E-state index is 14.3. The molecular formula is C29H29NOS. The van der Waals surface area contributed by atoms with Crippen molar-refractivity contribution >= 4 is 17.7 Å². The minimum Gasteiger partial charge on any atom is -0.311 e. The van der Waals surface area contributed by atoms with E-state index in [1.54, 1.807) is 11.8 Å². The molecular weight excluding hydrogens is 410 g/mol. The highest BCUT2D eigenvalue weighted by molar-refractivity contribution is 8.06. The molecule has 0 aromatic heterocycles. The van der Waals surface area contributed by atoms with E-state index in [1.165, 1.54) is 4.91 Å². The van der Waals surface area contributed by atoms with Crippen LogP contribution in [0.3, 0.4) is 0 Å². The van der Waals surface area contributed by atoms with E-state index in [0.29, 0.717) is 6.54 Å². The van der Waals surface area contributed by atoms with Crippen LogP contribution >= 0.6 is 11.8 Å². The summed E-state index contributed by atoms with van der Waals surface area (Å²) in [4.78, 5) is 18.6. The lowest BCUT2D eigenvalue weighted by Crippen LogP contribution is -2.36. The average Bonchev–Trinajstić information content (AvgIpc) is 3.06. The molecule has 32 heavy (non-hydrogen) atoms. The third-order valence-electron chi connectivity index (χ3n) is 5.84. The Hall–Kier alpha value is -3.04. The minimum absolute atomic E-state index is 0.112. The number of amides is 1. The number of benzene rings is 2. The van der Waals surface area contributed by atoms with Crippen molar-refractivity contribution in [3.05, 3.63) is 130 Å². The molecule has 0 unspecified atom stereocenters. The number of hydrogen-bond acceptors (Lipinski definition) is 2. The quantitative estimate of drug-likeness (QED) is 0.498. The van der Waals surface area contributed by atoms with E-state index in [2.05, 4.69) is 62.1 Å². The molecule has 0 atom stereocenters. The number of thioether (sulfide) groups is 1. The Kier molecular flexibility index (Phi) is 7.28. The molecule has 0 N–H and O–H groups in total. The Bertz CT molecular complexity index is 1050. The summed E-state index contributed by atoms with van der Waals surface area (Å²) in [5.74, 6) is -0.238. The first-order valence-electron chi connectivity index (χ1n) is 11.2. The Morgan fingerprint density at radius 3 is 2.31 bits per heavy atom.